The highest BCUT2D eigenvalue weighted by molar-refractivity contribution is 5.84. The number of fused-ring (bicyclic) bond motifs is 1. The van der Waals surface area contributed by atoms with Crippen molar-refractivity contribution in [3.05, 3.63) is 54.7 Å². The number of rotatable bonds is 5. The van der Waals surface area contributed by atoms with Crippen LogP contribution in [-0.2, 0) is 7.05 Å². The molecule has 0 unspecified atom stereocenters. The Bertz CT molecular complexity index is 1300. The summed E-state index contributed by atoms with van der Waals surface area (Å²) in [6.45, 7) is 4.03. The molecule has 0 bridgehead atoms. The van der Waals surface area contributed by atoms with Gasteiger partial charge in [0, 0.05) is 68.1 Å². The first-order chi connectivity index (χ1) is 16.0. The van der Waals surface area contributed by atoms with E-state index in [2.05, 4.69) is 43.3 Å². The lowest BCUT2D eigenvalue weighted by Crippen LogP contribution is -2.44. The molecule has 1 N–H and O–H groups in total. The number of nitrogens with one attached hydrogen (secondary N) is 1. The molecule has 1 fully saturated rings. The number of likely N-dealkylation sites (N-methyl/N-ethyl adjacent to an activating group) is 1. The zero-order valence-corrected chi connectivity index (χ0v) is 18.9. The topological polar surface area (TPSA) is 71.3 Å². The highest BCUT2D eigenvalue weighted by Crippen LogP contribution is 2.33. The first kappa shape index (κ1) is 21.1. The molecule has 1 saturated heterocycles. The van der Waals surface area contributed by atoms with Gasteiger partial charge in [-0.15, -0.1) is 0 Å². The second-order valence-electron chi connectivity index (χ2n) is 8.25. The molecule has 1 aliphatic rings. The lowest BCUT2D eigenvalue weighted by atomic mass is 10.1. The fourth-order valence-electron chi connectivity index (χ4n) is 4.13. The van der Waals surface area contributed by atoms with Gasteiger partial charge in [0.05, 0.1) is 30.2 Å². The molecule has 2 aromatic carbocycles. The van der Waals surface area contributed by atoms with E-state index in [0.717, 1.165) is 54.2 Å². The Morgan fingerprint density at radius 2 is 1.82 bits per heavy atom. The van der Waals surface area contributed by atoms with Crippen LogP contribution < -0.4 is 15.0 Å². The maximum atomic E-state index is 14.8. The maximum absolute atomic E-state index is 14.8. The smallest absolute Gasteiger partial charge is 0.144 e. The molecule has 0 spiro atoms. The standard InChI is InChI=1S/C24H26FN7O/c1-30-6-8-32(9-7-30)17-4-5-20(23(11-17)33-3)29-24-13-21(26-15-27-24)18-10-16-14-28-31(2)22(16)12-19(18)25/h4-5,10-15H,6-9H2,1-3H3,(H,26,27,29). The summed E-state index contributed by atoms with van der Waals surface area (Å²) in [6, 6.07) is 11.1. The Hall–Kier alpha value is -3.72. The van der Waals surface area contributed by atoms with Gasteiger partial charge in [-0.05, 0) is 25.2 Å². The lowest BCUT2D eigenvalue weighted by Gasteiger charge is -2.34. The quantitative estimate of drug-likeness (QED) is 0.500. The third-order valence-corrected chi connectivity index (χ3v) is 6.09. The van der Waals surface area contributed by atoms with E-state index in [1.165, 1.54) is 12.4 Å². The summed E-state index contributed by atoms with van der Waals surface area (Å²) in [4.78, 5) is 13.3. The number of methoxy groups -OCH3 is 1. The number of aromatic nitrogens is 4. The summed E-state index contributed by atoms with van der Waals surface area (Å²) in [6.07, 6.45) is 3.14. The zero-order valence-electron chi connectivity index (χ0n) is 18.9. The first-order valence-electron chi connectivity index (χ1n) is 10.8. The van der Waals surface area contributed by atoms with Crippen LogP contribution in [0.5, 0.6) is 5.75 Å². The minimum atomic E-state index is -0.357. The van der Waals surface area contributed by atoms with E-state index < -0.39 is 0 Å². The van der Waals surface area contributed by atoms with Crippen molar-refractivity contribution < 1.29 is 9.13 Å². The SMILES string of the molecule is COc1cc(N2CCN(C)CC2)ccc1Nc1cc(-c2cc3cnn(C)c3cc2F)ncn1. The van der Waals surface area contributed by atoms with E-state index in [1.54, 1.807) is 37.2 Å². The Morgan fingerprint density at radius 3 is 2.61 bits per heavy atom. The van der Waals surface area contributed by atoms with Crippen molar-refractivity contribution in [2.24, 2.45) is 7.05 Å². The predicted octanol–water partition coefficient (Wildman–Crippen LogP) is 3.67. The Labute approximate surface area is 191 Å². The van der Waals surface area contributed by atoms with E-state index in [1.807, 2.05) is 12.1 Å². The summed E-state index contributed by atoms with van der Waals surface area (Å²) in [5.74, 6) is 0.913. The minimum absolute atomic E-state index is 0.357. The van der Waals surface area contributed by atoms with Gasteiger partial charge in [-0.3, -0.25) is 4.68 Å². The number of benzene rings is 2. The van der Waals surface area contributed by atoms with E-state index in [0.29, 0.717) is 17.1 Å². The Kier molecular flexibility index (Phi) is 5.55. The van der Waals surface area contributed by atoms with Crippen LogP contribution in [0, 0.1) is 5.82 Å². The molecule has 2 aromatic heterocycles. The first-order valence-corrected chi connectivity index (χ1v) is 10.8. The second kappa shape index (κ2) is 8.67. The molecule has 5 rings (SSSR count). The van der Waals surface area contributed by atoms with Crippen molar-refractivity contribution in [1.29, 1.82) is 0 Å². The summed E-state index contributed by atoms with van der Waals surface area (Å²) >= 11 is 0. The van der Waals surface area contributed by atoms with Crippen LogP contribution >= 0.6 is 0 Å². The molecule has 0 saturated carbocycles. The second-order valence-corrected chi connectivity index (χ2v) is 8.25. The molecule has 9 heteroatoms. The molecule has 0 radical (unpaired) electrons. The van der Waals surface area contributed by atoms with Crippen LogP contribution in [0.3, 0.4) is 0 Å². The van der Waals surface area contributed by atoms with E-state index in [9.17, 15) is 4.39 Å². The van der Waals surface area contributed by atoms with Crippen molar-refractivity contribution >= 4 is 28.1 Å². The number of nitrogens with zero attached hydrogens (tertiary/aromatic N) is 6. The molecular weight excluding hydrogens is 421 g/mol. The van der Waals surface area contributed by atoms with E-state index in [4.69, 9.17) is 4.74 Å². The Balaban J connectivity index is 1.41. The largest absolute Gasteiger partial charge is 0.494 e. The molecule has 170 valence electrons. The molecule has 1 aliphatic heterocycles. The van der Waals surface area contributed by atoms with Crippen molar-refractivity contribution in [2.75, 3.05) is 50.6 Å². The van der Waals surface area contributed by atoms with Crippen LogP contribution in [0.2, 0.25) is 0 Å². The zero-order chi connectivity index (χ0) is 22.9. The van der Waals surface area contributed by atoms with Crippen LogP contribution in [0.15, 0.2) is 48.9 Å². The molecule has 0 amide bonds. The third kappa shape index (κ3) is 4.19. The fourth-order valence-corrected chi connectivity index (χ4v) is 4.13. The average Bonchev–Trinajstić information content (AvgIpc) is 3.19. The van der Waals surface area contributed by atoms with Gasteiger partial charge < -0.3 is 19.9 Å². The number of hydrogen-bond donors (Lipinski definition) is 1. The molecule has 4 aromatic rings. The minimum Gasteiger partial charge on any atom is -0.494 e. The third-order valence-electron chi connectivity index (χ3n) is 6.09. The normalized spacial score (nSPS) is 14.6. The number of anilines is 3. The molecule has 3 heterocycles. The van der Waals surface area contributed by atoms with Gasteiger partial charge in [0.15, 0.2) is 0 Å². The van der Waals surface area contributed by atoms with Crippen LogP contribution in [0.1, 0.15) is 0 Å². The highest BCUT2D eigenvalue weighted by atomic mass is 19.1. The maximum Gasteiger partial charge on any atom is 0.144 e. The average molecular weight is 448 g/mol. The summed E-state index contributed by atoms with van der Waals surface area (Å²) in [5.41, 5.74) is 3.53. The monoisotopic (exact) mass is 447 g/mol. The number of hydrogen-bond acceptors (Lipinski definition) is 7. The summed E-state index contributed by atoms with van der Waals surface area (Å²) < 4.78 is 22.1. The van der Waals surface area contributed by atoms with Crippen molar-refractivity contribution in [2.45, 2.75) is 0 Å². The molecule has 33 heavy (non-hydrogen) atoms. The van der Waals surface area contributed by atoms with Gasteiger partial charge >= 0.3 is 0 Å². The Morgan fingerprint density at radius 1 is 1.00 bits per heavy atom. The van der Waals surface area contributed by atoms with Crippen LogP contribution in [-0.4, -0.2) is 65.0 Å². The van der Waals surface area contributed by atoms with Crippen molar-refractivity contribution in [3.63, 3.8) is 0 Å². The van der Waals surface area contributed by atoms with Gasteiger partial charge in [-0.25, -0.2) is 14.4 Å². The molecule has 8 nitrogen and oxygen atoms in total. The van der Waals surface area contributed by atoms with Gasteiger partial charge in [0.1, 0.15) is 23.7 Å². The van der Waals surface area contributed by atoms with Gasteiger partial charge in [-0.1, -0.05) is 0 Å². The van der Waals surface area contributed by atoms with Crippen LogP contribution in [0.25, 0.3) is 22.2 Å². The number of halogens is 1. The van der Waals surface area contributed by atoms with E-state index >= 15 is 0 Å². The van der Waals surface area contributed by atoms with Crippen LogP contribution in [0.4, 0.5) is 21.6 Å². The molecule has 0 atom stereocenters. The predicted molar refractivity (Wildman–Crippen MR) is 128 cm³/mol. The fraction of sp³-hybridized carbons (Fsp3) is 0.292. The number of piperazine rings is 1. The number of aryl methyl sites for hydroxylation is 1. The lowest BCUT2D eigenvalue weighted by molar-refractivity contribution is 0.312. The van der Waals surface area contributed by atoms with Crippen molar-refractivity contribution in [3.8, 4) is 17.0 Å². The van der Waals surface area contributed by atoms with Gasteiger partial charge in [0.2, 0.25) is 0 Å². The van der Waals surface area contributed by atoms with Crippen molar-refractivity contribution in [1.82, 2.24) is 24.6 Å². The molecular formula is C24H26FN7O. The van der Waals surface area contributed by atoms with Gasteiger partial charge in [-0.2, -0.15) is 5.10 Å². The number of ether oxygens (including phenoxy) is 1. The molecule has 0 aliphatic carbocycles. The van der Waals surface area contributed by atoms with Gasteiger partial charge in [0.25, 0.3) is 0 Å². The summed E-state index contributed by atoms with van der Waals surface area (Å²) in [5, 5.41) is 8.33. The van der Waals surface area contributed by atoms with E-state index in [-0.39, 0.29) is 5.82 Å². The highest BCUT2D eigenvalue weighted by Gasteiger charge is 2.17. The summed E-state index contributed by atoms with van der Waals surface area (Å²) in [7, 11) is 5.58.